The van der Waals surface area contributed by atoms with Crippen molar-refractivity contribution in [2.45, 2.75) is 23.9 Å². The molecule has 0 atom stereocenters. The van der Waals surface area contributed by atoms with E-state index in [1.165, 1.54) is 0 Å². The van der Waals surface area contributed by atoms with Crippen LogP contribution in [0.15, 0.2) is 0 Å². The van der Waals surface area contributed by atoms with Crippen LogP contribution in [0.4, 0.5) is 26.3 Å². The molecule has 0 heterocycles. The maximum atomic E-state index is 10.7. The summed E-state index contributed by atoms with van der Waals surface area (Å²) >= 11 is 0. The Morgan fingerprint density at radius 2 is 0.773 bits per heavy atom. The molecule has 0 saturated heterocycles. The summed E-state index contributed by atoms with van der Waals surface area (Å²) in [5.41, 5.74) is -11.1. The van der Waals surface area contributed by atoms with Crippen molar-refractivity contribution >= 4 is 20.2 Å². The molecular formula is C6H12F6O8S2. The quantitative estimate of drug-likeness (QED) is 0.236. The fourth-order valence-corrected chi connectivity index (χ4v) is 0.224. The second kappa shape index (κ2) is 10.2. The number of hydrogen-bond donors (Lipinski definition) is 4. The summed E-state index contributed by atoms with van der Waals surface area (Å²) in [6.07, 6.45) is 1.44. The highest BCUT2D eigenvalue weighted by Crippen LogP contribution is 2.21. The highest BCUT2D eigenvalue weighted by molar-refractivity contribution is 7.86. The molecule has 4 N–H and O–H groups in total. The van der Waals surface area contributed by atoms with Gasteiger partial charge in [-0.2, -0.15) is 43.2 Å². The number of alkyl halides is 6. The molecule has 0 unspecified atom stereocenters. The molecule has 0 aliphatic rings. The minimum atomic E-state index is -5.84. The molecule has 0 radical (unpaired) electrons. The first-order valence-electron chi connectivity index (χ1n) is 4.71. The van der Waals surface area contributed by atoms with E-state index in [9.17, 15) is 26.3 Å². The van der Waals surface area contributed by atoms with Gasteiger partial charge in [0.15, 0.2) is 0 Å². The van der Waals surface area contributed by atoms with Crippen LogP contribution in [0.1, 0.15) is 12.8 Å². The predicted octanol–water partition coefficient (Wildman–Crippen LogP) is 0.539. The number of aliphatic hydroxyl groups is 2. The molecule has 0 aromatic heterocycles. The maximum absolute atomic E-state index is 10.7. The van der Waals surface area contributed by atoms with E-state index < -0.39 is 31.3 Å². The molecule has 16 heteroatoms. The van der Waals surface area contributed by atoms with E-state index in [0.717, 1.165) is 12.8 Å². The van der Waals surface area contributed by atoms with Gasteiger partial charge in [-0.3, -0.25) is 9.11 Å². The molecule has 138 valence electrons. The van der Waals surface area contributed by atoms with Gasteiger partial charge < -0.3 is 10.2 Å². The van der Waals surface area contributed by atoms with E-state index in [4.69, 9.17) is 36.2 Å². The van der Waals surface area contributed by atoms with Crippen molar-refractivity contribution in [1.29, 1.82) is 0 Å². The van der Waals surface area contributed by atoms with Crippen molar-refractivity contribution in [2.75, 3.05) is 13.2 Å². The van der Waals surface area contributed by atoms with Gasteiger partial charge in [0.1, 0.15) is 0 Å². The van der Waals surface area contributed by atoms with E-state index in [0.29, 0.717) is 0 Å². The first-order valence-corrected chi connectivity index (χ1v) is 7.59. The normalized spacial score (nSPS) is 12.6. The van der Waals surface area contributed by atoms with E-state index in [1.54, 1.807) is 0 Å². The fourth-order valence-electron chi connectivity index (χ4n) is 0.224. The lowest BCUT2D eigenvalue weighted by Crippen LogP contribution is -2.21. The Bertz CT molecular complexity index is 432. The standard InChI is InChI=1S/C4H10O2.2CHF3O3S/c5-3-1-2-4-6;2*2-1(3,4)8(5,6)7/h5-6H,1-4H2;2*(H,5,6,7). The van der Waals surface area contributed by atoms with Gasteiger partial charge in [-0.25, -0.2) is 0 Å². The van der Waals surface area contributed by atoms with Crippen LogP contribution in [0.2, 0.25) is 0 Å². The molecular weight excluding hydrogens is 378 g/mol. The number of unbranched alkanes of at least 4 members (excludes halogenated alkanes) is 1. The Morgan fingerprint density at radius 1 is 0.636 bits per heavy atom. The van der Waals surface area contributed by atoms with Gasteiger partial charge in [0.05, 0.1) is 0 Å². The first-order chi connectivity index (χ1) is 9.41. The van der Waals surface area contributed by atoms with Crippen LogP contribution in [0.3, 0.4) is 0 Å². The molecule has 0 fully saturated rings. The van der Waals surface area contributed by atoms with Crippen molar-refractivity contribution in [1.82, 2.24) is 0 Å². The zero-order valence-corrected chi connectivity index (χ0v) is 12.0. The SMILES string of the molecule is O=S(=O)(O)C(F)(F)F.O=S(=O)(O)C(F)(F)F.OCCCCO. The van der Waals surface area contributed by atoms with Crippen LogP contribution in [0.25, 0.3) is 0 Å². The van der Waals surface area contributed by atoms with Crippen molar-refractivity contribution < 1.29 is 62.5 Å². The summed E-state index contributed by atoms with van der Waals surface area (Å²) in [5.74, 6) is 0. The zero-order chi connectivity index (χ0) is 18.8. The average Bonchev–Trinajstić information content (AvgIpc) is 2.22. The van der Waals surface area contributed by atoms with Crippen LogP contribution in [-0.4, -0.2) is 60.4 Å². The Labute approximate surface area is 120 Å². The molecule has 8 nitrogen and oxygen atoms in total. The van der Waals surface area contributed by atoms with Crippen LogP contribution in [-0.2, 0) is 20.2 Å². The number of hydrogen-bond acceptors (Lipinski definition) is 6. The molecule has 0 aromatic rings. The van der Waals surface area contributed by atoms with E-state index >= 15 is 0 Å². The molecule has 0 aromatic carbocycles. The van der Waals surface area contributed by atoms with Gasteiger partial charge in [-0.1, -0.05) is 0 Å². The second-order valence-corrected chi connectivity index (χ2v) is 5.82. The highest BCUT2D eigenvalue weighted by atomic mass is 32.2. The minimum absolute atomic E-state index is 0.195. The lowest BCUT2D eigenvalue weighted by atomic mass is 10.3. The Morgan fingerprint density at radius 3 is 0.818 bits per heavy atom. The Hall–Kier alpha value is -0.680. The molecule has 0 rings (SSSR count). The average molecular weight is 390 g/mol. The zero-order valence-electron chi connectivity index (χ0n) is 10.3. The largest absolute Gasteiger partial charge is 0.522 e. The fraction of sp³-hybridized carbons (Fsp3) is 1.00. The summed E-state index contributed by atoms with van der Waals surface area (Å²) in [6.45, 7) is 0.390. The van der Waals surface area contributed by atoms with Crippen LogP contribution >= 0.6 is 0 Å². The predicted molar refractivity (Wildman–Crippen MR) is 58.6 cm³/mol. The lowest BCUT2D eigenvalue weighted by molar-refractivity contribution is -0.0514. The number of rotatable bonds is 3. The van der Waals surface area contributed by atoms with Gasteiger partial charge >= 0.3 is 31.3 Å². The van der Waals surface area contributed by atoms with Crippen LogP contribution in [0.5, 0.6) is 0 Å². The van der Waals surface area contributed by atoms with E-state index in [2.05, 4.69) is 0 Å². The third kappa shape index (κ3) is 15.7. The Balaban J connectivity index is -0.000000249. The Kier molecular flexibility index (Phi) is 12.1. The smallest absolute Gasteiger partial charge is 0.396 e. The molecule has 0 spiro atoms. The summed E-state index contributed by atoms with van der Waals surface area (Å²) in [4.78, 5) is 0. The maximum Gasteiger partial charge on any atom is 0.522 e. The molecule has 0 aliphatic carbocycles. The third-order valence-electron chi connectivity index (χ3n) is 1.15. The van der Waals surface area contributed by atoms with Crippen molar-refractivity contribution in [3.63, 3.8) is 0 Å². The van der Waals surface area contributed by atoms with Crippen molar-refractivity contribution in [3.05, 3.63) is 0 Å². The molecule has 0 aliphatic heterocycles. The van der Waals surface area contributed by atoms with Gasteiger partial charge in [0, 0.05) is 13.2 Å². The summed E-state index contributed by atoms with van der Waals surface area (Å²) in [5, 5.41) is 16.2. The molecule has 0 bridgehead atoms. The summed E-state index contributed by atoms with van der Waals surface area (Å²) < 4.78 is 115. The second-order valence-electron chi connectivity index (χ2n) is 3.00. The van der Waals surface area contributed by atoms with Gasteiger partial charge in [-0.15, -0.1) is 0 Å². The van der Waals surface area contributed by atoms with Crippen LogP contribution < -0.4 is 0 Å². The molecule has 22 heavy (non-hydrogen) atoms. The molecule has 0 saturated carbocycles. The van der Waals surface area contributed by atoms with E-state index in [-0.39, 0.29) is 13.2 Å². The monoisotopic (exact) mass is 390 g/mol. The van der Waals surface area contributed by atoms with Crippen LogP contribution in [0, 0.1) is 0 Å². The van der Waals surface area contributed by atoms with Crippen molar-refractivity contribution in [2.24, 2.45) is 0 Å². The van der Waals surface area contributed by atoms with Crippen molar-refractivity contribution in [3.8, 4) is 0 Å². The molecule has 0 amide bonds. The highest BCUT2D eigenvalue weighted by Gasteiger charge is 2.45. The first kappa shape index (κ1) is 26.2. The van der Waals surface area contributed by atoms with Gasteiger partial charge in [0.2, 0.25) is 0 Å². The number of aliphatic hydroxyl groups excluding tert-OH is 2. The van der Waals surface area contributed by atoms with E-state index in [1.807, 2.05) is 0 Å². The summed E-state index contributed by atoms with van der Waals surface area (Å²) in [6, 6.07) is 0. The lowest BCUT2D eigenvalue weighted by Gasteiger charge is -1.97. The minimum Gasteiger partial charge on any atom is -0.396 e. The van der Waals surface area contributed by atoms with Gasteiger partial charge in [0.25, 0.3) is 0 Å². The third-order valence-corrected chi connectivity index (χ3v) is 2.32. The topological polar surface area (TPSA) is 149 Å². The number of halogens is 6. The van der Waals surface area contributed by atoms with Gasteiger partial charge in [-0.05, 0) is 12.8 Å². The summed E-state index contributed by atoms with van der Waals surface area (Å²) in [7, 11) is -11.7.